The van der Waals surface area contributed by atoms with Gasteiger partial charge in [-0.1, -0.05) is 79.9 Å². The SMILES string of the molecule is O=C(CCCCCCCC(=O)Nc1ccccc1C(=O)Nc1ccccc1)Nc1ccccc1C(=O)Nc1ccccc1. The van der Waals surface area contributed by atoms with Crippen molar-refractivity contribution in [2.45, 2.75) is 44.9 Å². The topological polar surface area (TPSA) is 116 Å². The molecule has 4 rings (SSSR count). The molecule has 0 radical (unpaired) electrons. The fourth-order valence-electron chi connectivity index (χ4n) is 4.55. The van der Waals surface area contributed by atoms with E-state index in [0.29, 0.717) is 59.6 Å². The molecule has 0 atom stereocenters. The van der Waals surface area contributed by atoms with Crippen molar-refractivity contribution in [3.05, 3.63) is 120 Å². The van der Waals surface area contributed by atoms with Crippen molar-refractivity contribution < 1.29 is 19.2 Å². The minimum Gasteiger partial charge on any atom is -0.325 e. The molecule has 0 aliphatic heterocycles. The summed E-state index contributed by atoms with van der Waals surface area (Å²) in [6, 6.07) is 32.2. The molecule has 8 heteroatoms. The van der Waals surface area contributed by atoms with Gasteiger partial charge in [0.2, 0.25) is 11.8 Å². The molecule has 0 unspecified atom stereocenters. The number of para-hydroxylation sites is 4. The van der Waals surface area contributed by atoms with E-state index in [1.165, 1.54) is 0 Å². The summed E-state index contributed by atoms with van der Waals surface area (Å²) in [5.41, 5.74) is 3.12. The van der Waals surface area contributed by atoms with Crippen LogP contribution in [-0.2, 0) is 9.59 Å². The van der Waals surface area contributed by atoms with Crippen LogP contribution >= 0.6 is 0 Å². The Hall–Kier alpha value is -5.24. The number of nitrogens with one attached hydrogen (secondary N) is 4. The van der Waals surface area contributed by atoms with Crippen LogP contribution in [0, 0.1) is 0 Å². The maximum absolute atomic E-state index is 12.7. The lowest BCUT2D eigenvalue weighted by molar-refractivity contribution is -0.117. The summed E-state index contributed by atoms with van der Waals surface area (Å²) in [4.78, 5) is 50.6. The Kier molecular flexibility index (Phi) is 11.6. The first kappa shape index (κ1) is 30.7. The Labute approximate surface area is 251 Å². The van der Waals surface area contributed by atoms with Crippen LogP contribution < -0.4 is 21.3 Å². The molecule has 0 aromatic heterocycles. The zero-order chi connectivity index (χ0) is 30.3. The number of carbonyl (C=O) groups is 4. The van der Waals surface area contributed by atoms with Crippen molar-refractivity contribution in [1.82, 2.24) is 0 Å². The smallest absolute Gasteiger partial charge is 0.257 e. The summed E-state index contributed by atoms with van der Waals surface area (Å²) >= 11 is 0. The van der Waals surface area contributed by atoms with E-state index in [0.717, 1.165) is 19.3 Å². The van der Waals surface area contributed by atoms with Crippen LogP contribution in [0.3, 0.4) is 0 Å². The first-order valence-corrected chi connectivity index (χ1v) is 14.5. The van der Waals surface area contributed by atoms with Crippen molar-refractivity contribution in [2.24, 2.45) is 0 Å². The van der Waals surface area contributed by atoms with E-state index in [1.807, 2.05) is 36.4 Å². The Bertz CT molecular complexity index is 1410. The third-order valence-corrected chi connectivity index (χ3v) is 6.76. The van der Waals surface area contributed by atoms with Crippen LogP contribution in [0.2, 0.25) is 0 Å². The highest BCUT2D eigenvalue weighted by Crippen LogP contribution is 2.20. The van der Waals surface area contributed by atoms with Gasteiger partial charge in [0, 0.05) is 24.2 Å². The number of carbonyl (C=O) groups excluding carboxylic acids is 4. The molecule has 0 bridgehead atoms. The molecule has 0 aliphatic rings. The maximum Gasteiger partial charge on any atom is 0.257 e. The van der Waals surface area contributed by atoms with E-state index in [4.69, 9.17) is 0 Å². The lowest BCUT2D eigenvalue weighted by Crippen LogP contribution is -2.18. The molecule has 43 heavy (non-hydrogen) atoms. The molecular formula is C35H36N4O4. The molecule has 0 heterocycles. The molecule has 4 aromatic rings. The Morgan fingerprint density at radius 2 is 0.744 bits per heavy atom. The molecule has 0 spiro atoms. The third-order valence-electron chi connectivity index (χ3n) is 6.76. The van der Waals surface area contributed by atoms with Gasteiger partial charge in [-0.25, -0.2) is 0 Å². The van der Waals surface area contributed by atoms with Gasteiger partial charge in [-0.05, 0) is 61.4 Å². The van der Waals surface area contributed by atoms with Gasteiger partial charge in [-0.15, -0.1) is 0 Å². The monoisotopic (exact) mass is 576 g/mol. The number of unbranched alkanes of at least 4 members (excludes halogenated alkanes) is 4. The molecule has 220 valence electrons. The highest BCUT2D eigenvalue weighted by atomic mass is 16.2. The van der Waals surface area contributed by atoms with Crippen LogP contribution in [0.25, 0.3) is 0 Å². The average molecular weight is 577 g/mol. The predicted molar refractivity (Wildman–Crippen MR) is 171 cm³/mol. The molecule has 0 fully saturated rings. The van der Waals surface area contributed by atoms with Crippen LogP contribution in [0.5, 0.6) is 0 Å². The highest BCUT2D eigenvalue weighted by Gasteiger charge is 2.15. The lowest BCUT2D eigenvalue weighted by atomic mass is 10.1. The van der Waals surface area contributed by atoms with Crippen LogP contribution in [0.15, 0.2) is 109 Å². The summed E-state index contributed by atoms with van der Waals surface area (Å²) in [5.74, 6) is -0.862. The van der Waals surface area contributed by atoms with Crippen molar-refractivity contribution in [1.29, 1.82) is 0 Å². The number of rotatable bonds is 14. The Balaban J connectivity index is 1.13. The zero-order valence-electron chi connectivity index (χ0n) is 24.0. The van der Waals surface area contributed by atoms with Gasteiger partial charge in [0.1, 0.15) is 0 Å². The molecule has 4 amide bonds. The third kappa shape index (κ3) is 9.97. The number of benzene rings is 4. The maximum atomic E-state index is 12.7. The molecule has 8 nitrogen and oxygen atoms in total. The standard InChI is InChI=1S/C35H36N4O4/c40-32(38-30-22-14-12-20-28(30)34(42)36-26-16-6-4-7-17-26)24-10-2-1-3-11-25-33(41)39-31-23-15-13-21-29(31)35(43)37-27-18-8-5-9-19-27/h4-9,12-23H,1-3,10-11,24-25H2,(H,36,42)(H,37,43)(H,38,40)(H,39,41). The fourth-order valence-corrected chi connectivity index (χ4v) is 4.55. The first-order chi connectivity index (χ1) is 21.0. The van der Waals surface area contributed by atoms with Gasteiger partial charge in [0.25, 0.3) is 11.8 Å². The van der Waals surface area contributed by atoms with Gasteiger partial charge < -0.3 is 21.3 Å². The van der Waals surface area contributed by atoms with E-state index in [-0.39, 0.29) is 23.6 Å². The number of anilines is 4. The van der Waals surface area contributed by atoms with Gasteiger partial charge in [-0.2, -0.15) is 0 Å². The van der Waals surface area contributed by atoms with Crippen molar-refractivity contribution in [3.63, 3.8) is 0 Å². The Morgan fingerprint density at radius 3 is 1.16 bits per heavy atom. The van der Waals surface area contributed by atoms with Crippen molar-refractivity contribution >= 4 is 46.4 Å². The normalized spacial score (nSPS) is 10.4. The van der Waals surface area contributed by atoms with Crippen molar-refractivity contribution in [3.8, 4) is 0 Å². The summed E-state index contributed by atoms with van der Waals surface area (Å²) < 4.78 is 0. The number of hydrogen-bond donors (Lipinski definition) is 4. The minimum absolute atomic E-state index is 0.144. The number of amides is 4. The van der Waals surface area contributed by atoms with E-state index in [9.17, 15) is 19.2 Å². The molecule has 0 saturated heterocycles. The summed E-state index contributed by atoms with van der Waals surface area (Å²) in [7, 11) is 0. The second-order valence-corrected chi connectivity index (χ2v) is 10.1. The van der Waals surface area contributed by atoms with E-state index < -0.39 is 0 Å². The molecule has 4 N–H and O–H groups in total. The molecular weight excluding hydrogens is 540 g/mol. The van der Waals surface area contributed by atoms with Gasteiger partial charge in [0.15, 0.2) is 0 Å². The first-order valence-electron chi connectivity index (χ1n) is 14.5. The molecule has 4 aromatic carbocycles. The quantitative estimate of drug-likeness (QED) is 0.116. The van der Waals surface area contributed by atoms with Crippen LogP contribution in [0.4, 0.5) is 22.7 Å². The molecule has 0 aliphatic carbocycles. The Morgan fingerprint density at radius 1 is 0.395 bits per heavy atom. The summed E-state index contributed by atoms with van der Waals surface area (Å²) in [6.07, 6.45) is 4.71. The zero-order valence-corrected chi connectivity index (χ0v) is 24.0. The van der Waals surface area contributed by atoms with Gasteiger partial charge in [0.05, 0.1) is 22.5 Å². The second-order valence-electron chi connectivity index (χ2n) is 10.1. The number of hydrogen-bond acceptors (Lipinski definition) is 4. The predicted octanol–water partition coefficient (Wildman–Crippen LogP) is 7.50. The van der Waals surface area contributed by atoms with E-state index in [1.54, 1.807) is 72.8 Å². The lowest BCUT2D eigenvalue weighted by Gasteiger charge is -2.12. The van der Waals surface area contributed by atoms with Crippen molar-refractivity contribution in [2.75, 3.05) is 21.3 Å². The minimum atomic E-state index is -0.287. The van der Waals surface area contributed by atoms with E-state index in [2.05, 4.69) is 21.3 Å². The summed E-state index contributed by atoms with van der Waals surface area (Å²) in [5, 5.41) is 11.4. The largest absolute Gasteiger partial charge is 0.325 e. The fraction of sp³-hybridized carbons (Fsp3) is 0.200. The van der Waals surface area contributed by atoms with Gasteiger partial charge >= 0.3 is 0 Å². The average Bonchev–Trinajstić information content (AvgIpc) is 3.02. The summed E-state index contributed by atoms with van der Waals surface area (Å²) in [6.45, 7) is 0. The van der Waals surface area contributed by atoms with Gasteiger partial charge in [-0.3, -0.25) is 19.2 Å². The highest BCUT2D eigenvalue weighted by molar-refractivity contribution is 6.11. The van der Waals surface area contributed by atoms with Crippen LogP contribution in [-0.4, -0.2) is 23.6 Å². The van der Waals surface area contributed by atoms with Crippen LogP contribution in [0.1, 0.15) is 65.7 Å². The second kappa shape index (κ2) is 16.3. The van der Waals surface area contributed by atoms with E-state index >= 15 is 0 Å². The molecule has 0 saturated carbocycles.